The molecule has 9 heteroatoms. The van der Waals surface area contributed by atoms with Crippen molar-refractivity contribution in [2.45, 2.75) is 13.0 Å². The second-order valence-electron chi connectivity index (χ2n) is 6.70. The van der Waals surface area contributed by atoms with Gasteiger partial charge in [0.1, 0.15) is 33.9 Å². The van der Waals surface area contributed by atoms with Crippen LogP contribution in [0.2, 0.25) is 5.15 Å². The average Bonchev–Trinajstić information content (AvgIpc) is 3.32. The Kier molecular flexibility index (Phi) is 4.13. The summed E-state index contributed by atoms with van der Waals surface area (Å²) in [7, 11) is 1.87. The SMILES string of the molecule is CC(Oc1ccc2[nH]nc(-c3cnn(C)c3)c2c1)c1nc(Cl)cc2nccnc12. The molecule has 29 heavy (non-hydrogen) atoms. The fourth-order valence-corrected chi connectivity index (χ4v) is 3.53. The standard InChI is InChI=1S/C20H16ClN7O/c1-11(18-20-16(8-17(21)25-18)22-5-6-23-20)29-13-3-4-15-14(7-13)19(27-26-15)12-9-24-28(2)10-12/h3-11H,1-2H3,(H,26,27). The fraction of sp³-hybridized carbons (Fsp3) is 0.150. The number of nitrogens with one attached hydrogen (secondary N) is 1. The van der Waals surface area contributed by atoms with Gasteiger partial charge >= 0.3 is 0 Å². The summed E-state index contributed by atoms with van der Waals surface area (Å²) in [6.45, 7) is 1.91. The predicted molar refractivity (Wildman–Crippen MR) is 110 cm³/mol. The van der Waals surface area contributed by atoms with Crippen LogP contribution < -0.4 is 4.74 Å². The Morgan fingerprint density at radius 2 is 2.03 bits per heavy atom. The summed E-state index contributed by atoms with van der Waals surface area (Å²) in [4.78, 5) is 13.1. The Balaban J connectivity index is 1.52. The van der Waals surface area contributed by atoms with Crippen molar-refractivity contribution in [3.05, 3.63) is 59.9 Å². The van der Waals surface area contributed by atoms with Crippen LogP contribution in [0.25, 0.3) is 33.2 Å². The summed E-state index contributed by atoms with van der Waals surface area (Å²) >= 11 is 6.17. The Morgan fingerprint density at radius 3 is 2.86 bits per heavy atom. The molecular weight excluding hydrogens is 390 g/mol. The molecule has 4 aromatic heterocycles. The van der Waals surface area contributed by atoms with Crippen LogP contribution in [-0.2, 0) is 7.05 Å². The number of H-pyrrole nitrogens is 1. The van der Waals surface area contributed by atoms with E-state index in [4.69, 9.17) is 16.3 Å². The molecule has 0 saturated carbocycles. The molecule has 5 aromatic rings. The minimum absolute atomic E-state index is 0.354. The molecular formula is C20H16ClN7O. The molecule has 8 nitrogen and oxygen atoms in total. The first-order valence-electron chi connectivity index (χ1n) is 8.99. The van der Waals surface area contributed by atoms with Gasteiger partial charge in [-0.1, -0.05) is 11.6 Å². The molecule has 0 saturated heterocycles. The van der Waals surface area contributed by atoms with E-state index in [0.717, 1.165) is 22.2 Å². The van der Waals surface area contributed by atoms with Crippen LogP contribution in [-0.4, -0.2) is 34.9 Å². The van der Waals surface area contributed by atoms with Gasteiger partial charge in [-0.3, -0.25) is 19.7 Å². The number of nitrogens with zero attached hydrogens (tertiary/aromatic N) is 6. The van der Waals surface area contributed by atoms with Gasteiger partial charge in [0.25, 0.3) is 0 Å². The second-order valence-corrected chi connectivity index (χ2v) is 7.08. The third kappa shape index (κ3) is 3.17. The monoisotopic (exact) mass is 405 g/mol. The third-order valence-electron chi connectivity index (χ3n) is 4.66. The van der Waals surface area contributed by atoms with E-state index >= 15 is 0 Å². The summed E-state index contributed by atoms with van der Waals surface area (Å²) in [5.41, 5.74) is 4.67. The van der Waals surface area contributed by atoms with Gasteiger partial charge in [0.05, 0.1) is 17.2 Å². The molecule has 0 amide bonds. The lowest BCUT2D eigenvalue weighted by molar-refractivity contribution is 0.224. The number of benzene rings is 1. The van der Waals surface area contributed by atoms with Crippen molar-refractivity contribution >= 4 is 33.5 Å². The number of ether oxygens (including phenoxy) is 1. The van der Waals surface area contributed by atoms with Gasteiger partial charge in [-0.25, -0.2) is 4.98 Å². The van der Waals surface area contributed by atoms with E-state index in [9.17, 15) is 0 Å². The molecule has 0 aliphatic heterocycles. The molecule has 144 valence electrons. The van der Waals surface area contributed by atoms with Gasteiger partial charge in [0, 0.05) is 42.7 Å². The van der Waals surface area contributed by atoms with Crippen LogP contribution in [0.4, 0.5) is 0 Å². The van der Waals surface area contributed by atoms with Crippen molar-refractivity contribution in [1.82, 2.24) is 34.9 Å². The normalized spacial score (nSPS) is 12.5. The lowest BCUT2D eigenvalue weighted by Gasteiger charge is -2.16. The van der Waals surface area contributed by atoms with Crippen LogP contribution in [0.5, 0.6) is 5.75 Å². The van der Waals surface area contributed by atoms with E-state index in [2.05, 4.69) is 30.2 Å². The topological polar surface area (TPSA) is 94.4 Å². The molecule has 0 radical (unpaired) electrons. The molecule has 0 aliphatic carbocycles. The van der Waals surface area contributed by atoms with E-state index in [1.165, 1.54) is 0 Å². The molecule has 4 heterocycles. The van der Waals surface area contributed by atoms with E-state index in [0.29, 0.717) is 27.6 Å². The number of halogens is 1. The summed E-state index contributed by atoms with van der Waals surface area (Å²) in [5.74, 6) is 0.690. The Hall–Kier alpha value is -3.52. The highest BCUT2D eigenvalue weighted by atomic mass is 35.5. The van der Waals surface area contributed by atoms with Crippen LogP contribution in [0.15, 0.2) is 49.1 Å². The Bertz CT molecular complexity index is 1340. The summed E-state index contributed by atoms with van der Waals surface area (Å²) in [6.07, 6.45) is 6.59. The van der Waals surface area contributed by atoms with Crippen LogP contribution in [0.3, 0.4) is 0 Å². The second kappa shape index (κ2) is 6.82. The molecule has 0 spiro atoms. The van der Waals surface area contributed by atoms with Gasteiger partial charge in [-0.15, -0.1) is 0 Å². The highest BCUT2D eigenvalue weighted by Crippen LogP contribution is 2.32. The zero-order valence-electron chi connectivity index (χ0n) is 15.7. The molecule has 5 rings (SSSR count). The molecule has 0 bridgehead atoms. The number of rotatable bonds is 4. The quantitative estimate of drug-likeness (QED) is 0.452. The van der Waals surface area contributed by atoms with Crippen molar-refractivity contribution in [2.75, 3.05) is 0 Å². The first kappa shape index (κ1) is 17.6. The molecule has 0 aliphatic rings. The van der Waals surface area contributed by atoms with E-state index < -0.39 is 0 Å². The minimum atomic E-state index is -0.376. The number of aryl methyl sites for hydroxylation is 1. The maximum Gasteiger partial charge on any atom is 0.140 e. The smallest absolute Gasteiger partial charge is 0.140 e. The van der Waals surface area contributed by atoms with Gasteiger partial charge in [0.2, 0.25) is 0 Å². The van der Waals surface area contributed by atoms with Crippen molar-refractivity contribution in [3.63, 3.8) is 0 Å². The van der Waals surface area contributed by atoms with Crippen molar-refractivity contribution in [2.24, 2.45) is 7.05 Å². The zero-order valence-corrected chi connectivity index (χ0v) is 16.4. The highest BCUT2D eigenvalue weighted by molar-refractivity contribution is 6.30. The molecule has 1 aromatic carbocycles. The van der Waals surface area contributed by atoms with Crippen molar-refractivity contribution in [1.29, 1.82) is 0 Å². The fourth-order valence-electron chi connectivity index (χ4n) is 3.34. The lowest BCUT2D eigenvalue weighted by Crippen LogP contribution is -2.07. The van der Waals surface area contributed by atoms with E-state index in [1.54, 1.807) is 29.3 Å². The summed E-state index contributed by atoms with van der Waals surface area (Å²) in [5, 5.41) is 13.0. The largest absolute Gasteiger partial charge is 0.484 e. The number of aromatic amines is 1. The van der Waals surface area contributed by atoms with Crippen LogP contribution in [0.1, 0.15) is 18.7 Å². The van der Waals surface area contributed by atoms with E-state index in [1.807, 2.05) is 38.4 Å². The van der Waals surface area contributed by atoms with Gasteiger partial charge in [-0.05, 0) is 25.1 Å². The van der Waals surface area contributed by atoms with Crippen LogP contribution in [0, 0.1) is 0 Å². The molecule has 1 N–H and O–H groups in total. The lowest BCUT2D eigenvalue weighted by atomic mass is 10.1. The maximum atomic E-state index is 6.19. The predicted octanol–water partition coefficient (Wildman–Crippen LogP) is 4.10. The Labute approximate surface area is 170 Å². The van der Waals surface area contributed by atoms with Crippen molar-refractivity contribution in [3.8, 4) is 17.0 Å². The molecule has 1 atom stereocenters. The first-order chi connectivity index (χ1) is 14.1. The highest BCUT2D eigenvalue weighted by Gasteiger charge is 2.17. The number of fused-ring (bicyclic) bond motifs is 2. The summed E-state index contributed by atoms with van der Waals surface area (Å²) in [6, 6.07) is 7.48. The van der Waals surface area contributed by atoms with Gasteiger partial charge in [-0.2, -0.15) is 10.2 Å². The van der Waals surface area contributed by atoms with Gasteiger partial charge < -0.3 is 4.74 Å². The van der Waals surface area contributed by atoms with Crippen LogP contribution >= 0.6 is 11.6 Å². The Morgan fingerprint density at radius 1 is 1.17 bits per heavy atom. The van der Waals surface area contributed by atoms with Crippen molar-refractivity contribution < 1.29 is 4.74 Å². The molecule has 1 unspecified atom stereocenters. The zero-order chi connectivity index (χ0) is 20.0. The van der Waals surface area contributed by atoms with Gasteiger partial charge in [0.15, 0.2) is 0 Å². The maximum absolute atomic E-state index is 6.19. The third-order valence-corrected chi connectivity index (χ3v) is 4.86. The minimum Gasteiger partial charge on any atom is -0.484 e. The number of hydrogen-bond acceptors (Lipinski definition) is 6. The molecule has 0 fully saturated rings. The number of hydrogen-bond donors (Lipinski definition) is 1. The average molecular weight is 406 g/mol. The van der Waals surface area contributed by atoms with E-state index in [-0.39, 0.29) is 6.10 Å². The number of pyridine rings is 1. The first-order valence-corrected chi connectivity index (χ1v) is 9.37. The summed E-state index contributed by atoms with van der Waals surface area (Å²) < 4.78 is 7.93. The number of aromatic nitrogens is 7.